The monoisotopic (exact) mass is 780 g/mol. The number of methoxy groups -OCH3 is 1. The molecule has 292 valence electrons. The number of amides is 1. The first kappa shape index (κ1) is 39.1. The van der Waals surface area contributed by atoms with Gasteiger partial charge in [0, 0.05) is 76.0 Å². The van der Waals surface area contributed by atoms with Crippen molar-refractivity contribution in [2.45, 2.75) is 64.9 Å². The minimum Gasteiger partial charge on any atom is -0.481 e. The normalized spacial score (nSPS) is 21.1. The van der Waals surface area contributed by atoms with Crippen molar-refractivity contribution in [3.63, 3.8) is 0 Å². The van der Waals surface area contributed by atoms with E-state index in [1.54, 1.807) is 37.6 Å². The number of nitrogens with zero attached hydrogens (tertiary/aromatic N) is 7. The van der Waals surface area contributed by atoms with E-state index in [0.717, 1.165) is 40.3 Å². The number of aromatic nitrogens is 5. The fourth-order valence-electron chi connectivity index (χ4n) is 5.97. The molecule has 5 atom stereocenters. The van der Waals surface area contributed by atoms with Gasteiger partial charge in [0.15, 0.2) is 30.0 Å². The molecule has 55 heavy (non-hydrogen) atoms. The van der Waals surface area contributed by atoms with Crippen LogP contribution in [-0.2, 0) is 49.5 Å². The highest BCUT2D eigenvalue weighted by molar-refractivity contribution is 7.19. The van der Waals surface area contributed by atoms with Crippen LogP contribution in [0.4, 0.5) is 11.8 Å². The third-order valence-corrected chi connectivity index (χ3v) is 9.56. The molecule has 0 aliphatic carbocycles. The van der Waals surface area contributed by atoms with Gasteiger partial charge in [-0.05, 0) is 19.1 Å². The van der Waals surface area contributed by atoms with E-state index in [1.807, 2.05) is 24.1 Å². The van der Waals surface area contributed by atoms with Crippen LogP contribution in [0.2, 0.25) is 0 Å². The summed E-state index contributed by atoms with van der Waals surface area (Å²) in [5.74, 6) is -0.682. The van der Waals surface area contributed by atoms with E-state index in [4.69, 9.17) is 43.2 Å². The van der Waals surface area contributed by atoms with Crippen LogP contribution in [0, 0.1) is 0 Å². The van der Waals surface area contributed by atoms with Gasteiger partial charge in [-0.15, -0.1) is 11.3 Å². The van der Waals surface area contributed by atoms with Gasteiger partial charge in [-0.3, -0.25) is 19.2 Å². The van der Waals surface area contributed by atoms with E-state index in [1.165, 1.54) is 19.3 Å². The van der Waals surface area contributed by atoms with Crippen LogP contribution in [0.25, 0.3) is 21.6 Å². The first-order valence-electron chi connectivity index (χ1n) is 17.2. The predicted molar refractivity (Wildman–Crippen MR) is 194 cm³/mol. The van der Waals surface area contributed by atoms with Crippen molar-refractivity contribution >= 4 is 57.1 Å². The second-order valence-corrected chi connectivity index (χ2v) is 13.7. The fourth-order valence-corrected chi connectivity index (χ4v) is 7.14. The number of morpholine rings is 1. The van der Waals surface area contributed by atoms with Gasteiger partial charge in [0.25, 0.3) is 5.91 Å². The van der Waals surface area contributed by atoms with E-state index in [0.29, 0.717) is 50.5 Å². The molecule has 2 aliphatic rings. The Morgan fingerprint density at radius 2 is 1.60 bits per heavy atom. The molecule has 0 saturated carbocycles. The van der Waals surface area contributed by atoms with Gasteiger partial charge >= 0.3 is 17.9 Å². The molecule has 0 spiro atoms. The zero-order valence-corrected chi connectivity index (χ0v) is 31.7. The summed E-state index contributed by atoms with van der Waals surface area (Å²) in [6.07, 6.45) is -1.80. The summed E-state index contributed by atoms with van der Waals surface area (Å²) >= 11 is 1.57. The van der Waals surface area contributed by atoms with Gasteiger partial charge in [0.1, 0.15) is 0 Å². The summed E-state index contributed by atoms with van der Waals surface area (Å²) in [6.45, 7) is 8.02. The number of ether oxygens (including phenoxy) is 6. The molecule has 2 saturated heterocycles. The Kier molecular flexibility index (Phi) is 12.3. The number of carbonyl (C=O) groups is 4. The lowest BCUT2D eigenvalue weighted by Crippen LogP contribution is -2.62. The van der Waals surface area contributed by atoms with Crippen LogP contribution in [0.1, 0.15) is 42.9 Å². The lowest BCUT2D eigenvalue weighted by Gasteiger charge is -2.42. The second-order valence-electron chi connectivity index (χ2n) is 12.6. The minimum absolute atomic E-state index is 0.0483. The number of anilines is 2. The van der Waals surface area contributed by atoms with Gasteiger partial charge in [-0.25, -0.2) is 35.2 Å². The minimum atomic E-state index is -1.44. The molecule has 2 aliphatic heterocycles. The van der Waals surface area contributed by atoms with E-state index in [9.17, 15) is 19.2 Å². The standard InChI is InChI=1S/C35H40N8O11S/c1-18-27(51-19(2)44)28(52-20(3)45)29(53-21(4)46)34(50-18)54-41-33(47)23-15-37-35(38-16-23)42(5)17-24-13-25-30(55-24)32(43-9-11-49-12-10-43)40-31(39-25)22-7-8-26(48-6)36-14-22/h7-8,13-16,18,27-29,34H,9-12,17H2,1-6H3,(H,41,47)/t18-,27+,28+,29-,34-/m0/s1. The van der Waals surface area contributed by atoms with Crippen LogP contribution in [-0.4, -0.2) is 120 Å². The molecule has 4 aromatic rings. The molecule has 0 aromatic carbocycles. The quantitative estimate of drug-likeness (QED) is 0.124. The van der Waals surface area contributed by atoms with Crippen LogP contribution in [0.5, 0.6) is 5.88 Å². The third-order valence-electron chi connectivity index (χ3n) is 8.46. The van der Waals surface area contributed by atoms with E-state index >= 15 is 0 Å². The van der Waals surface area contributed by atoms with Crippen molar-refractivity contribution in [1.29, 1.82) is 0 Å². The van der Waals surface area contributed by atoms with Gasteiger partial charge in [-0.2, -0.15) is 0 Å². The lowest BCUT2D eigenvalue weighted by atomic mass is 9.99. The Bertz CT molecular complexity index is 2010. The van der Waals surface area contributed by atoms with Gasteiger partial charge in [0.05, 0.1) is 48.8 Å². The number of nitrogens with one attached hydrogen (secondary N) is 1. The molecule has 1 amide bonds. The van der Waals surface area contributed by atoms with Crippen molar-refractivity contribution in [1.82, 2.24) is 30.4 Å². The number of hydrogen-bond donors (Lipinski definition) is 1. The van der Waals surface area contributed by atoms with Crippen LogP contribution in [0.15, 0.2) is 36.8 Å². The summed E-state index contributed by atoms with van der Waals surface area (Å²) in [7, 11) is 3.39. The highest BCUT2D eigenvalue weighted by atomic mass is 32.1. The molecule has 0 radical (unpaired) electrons. The summed E-state index contributed by atoms with van der Waals surface area (Å²) < 4.78 is 33.5. The number of thiophene rings is 1. The molecule has 20 heteroatoms. The highest BCUT2D eigenvalue weighted by Crippen LogP contribution is 2.35. The molecular weight excluding hydrogens is 740 g/mol. The molecule has 0 bridgehead atoms. The summed E-state index contributed by atoms with van der Waals surface area (Å²) in [6, 6.07) is 5.66. The Morgan fingerprint density at radius 1 is 0.927 bits per heavy atom. The number of pyridine rings is 1. The topological polar surface area (TPSA) is 216 Å². The molecule has 1 N–H and O–H groups in total. The molecule has 6 rings (SSSR count). The van der Waals surface area contributed by atoms with Crippen molar-refractivity contribution < 1.29 is 52.4 Å². The van der Waals surface area contributed by atoms with Crippen molar-refractivity contribution in [3.8, 4) is 17.3 Å². The van der Waals surface area contributed by atoms with E-state index in [2.05, 4.69) is 25.3 Å². The fraction of sp³-hybridized carbons (Fsp3) is 0.457. The highest BCUT2D eigenvalue weighted by Gasteiger charge is 2.51. The molecular formula is C35H40N8O11S. The zero-order chi connectivity index (χ0) is 39.2. The van der Waals surface area contributed by atoms with E-state index < -0.39 is 54.5 Å². The first-order valence-corrected chi connectivity index (χ1v) is 18.0. The smallest absolute Gasteiger partial charge is 0.303 e. The molecule has 19 nitrogen and oxygen atoms in total. The average Bonchev–Trinajstić information content (AvgIpc) is 3.58. The number of carbonyl (C=O) groups excluding carboxylic acids is 4. The Labute approximate surface area is 319 Å². The Balaban J connectivity index is 1.14. The van der Waals surface area contributed by atoms with Gasteiger partial charge in [-0.1, -0.05) is 0 Å². The third kappa shape index (κ3) is 9.39. The van der Waals surface area contributed by atoms with E-state index in [-0.39, 0.29) is 5.56 Å². The molecule has 2 fully saturated rings. The van der Waals surface area contributed by atoms with Crippen LogP contribution >= 0.6 is 11.3 Å². The zero-order valence-electron chi connectivity index (χ0n) is 30.9. The summed E-state index contributed by atoms with van der Waals surface area (Å²) in [5.41, 5.74) is 3.85. The predicted octanol–water partition coefficient (Wildman–Crippen LogP) is 2.23. The number of fused-ring (bicyclic) bond motifs is 1. The maximum absolute atomic E-state index is 13.1. The summed E-state index contributed by atoms with van der Waals surface area (Å²) in [5, 5.41) is 0. The first-order chi connectivity index (χ1) is 26.4. The van der Waals surface area contributed by atoms with Crippen molar-refractivity contribution in [3.05, 3.63) is 47.2 Å². The lowest BCUT2D eigenvalue weighted by molar-refractivity contribution is -0.310. The molecule has 0 unspecified atom stereocenters. The van der Waals surface area contributed by atoms with Crippen LogP contribution < -0.4 is 20.0 Å². The Hall–Kier alpha value is -5.57. The maximum atomic E-state index is 13.1. The number of hydroxylamine groups is 1. The van der Waals surface area contributed by atoms with Crippen molar-refractivity contribution in [2.24, 2.45) is 0 Å². The maximum Gasteiger partial charge on any atom is 0.303 e. The average molecular weight is 781 g/mol. The summed E-state index contributed by atoms with van der Waals surface area (Å²) in [4.78, 5) is 82.2. The van der Waals surface area contributed by atoms with Gasteiger partial charge in [0.2, 0.25) is 18.1 Å². The molecule has 6 heterocycles. The number of esters is 3. The Morgan fingerprint density at radius 3 is 2.24 bits per heavy atom. The number of hydrogen-bond acceptors (Lipinski definition) is 19. The largest absolute Gasteiger partial charge is 0.481 e. The van der Waals surface area contributed by atoms with Gasteiger partial charge < -0.3 is 38.2 Å². The second kappa shape index (κ2) is 17.3. The van der Waals surface area contributed by atoms with Crippen molar-refractivity contribution in [2.75, 3.05) is 50.3 Å². The number of rotatable bonds is 12. The molecule has 4 aromatic heterocycles. The SMILES string of the molecule is COc1ccc(-c2nc(N3CCOCC3)c3sc(CN(C)c4ncc(C(=O)NO[C@@H]5O[C@@H](C)[C@@H](OC(C)=O)[C@@H](OC(C)=O)[C@@H]5OC(C)=O)cn4)cc3n2)cn1. The van der Waals surface area contributed by atoms with Crippen LogP contribution in [0.3, 0.4) is 0 Å².